The van der Waals surface area contributed by atoms with Crippen LogP contribution in [0.15, 0.2) is 0 Å². The summed E-state index contributed by atoms with van der Waals surface area (Å²) in [6, 6.07) is 0.287. The summed E-state index contributed by atoms with van der Waals surface area (Å²) in [5.74, 6) is 0.0715. The molecule has 0 unspecified atom stereocenters. The molecule has 0 aromatic carbocycles. The first-order valence-electron chi connectivity index (χ1n) is 7.97. The van der Waals surface area contributed by atoms with Crippen LogP contribution in [-0.4, -0.2) is 70.6 Å². The fourth-order valence-corrected chi connectivity index (χ4v) is 4.29. The van der Waals surface area contributed by atoms with E-state index in [2.05, 4.69) is 14.6 Å². The van der Waals surface area contributed by atoms with E-state index in [0.717, 1.165) is 56.1 Å². The van der Waals surface area contributed by atoms with Crippen molar-refractivity contribution in [1.29, 1.82) is 0 Å². The summed E-state index contributed by atoms with van der Waals surface area (Å²) in [6.45, 7) is 5.02. The van der Waals surface area contributed by atoms with Gasteiger partial charge in [-0.1, -0.05) is 0 Å². The zero-order valence-electron chi connectivity index (χ0n) is 13.2. The van der Waals surface area contributed by atoms with Gasteiger partial charge in [0.2, 0.25) is 0 Å². The van der Waals surface area contributed by atoms with Gasteiger partial charge in [-0.15, -0.1) is 0 Å². The first kappa shape index (κ1) is 15.7. The molecule has 1 aliphatic carbocycles. The number of aromatic nitrogens is 1. The van der Waals surface area contributed by atoms with Crippen LogP contribution < -0.4 is 5.32 Å². The number of nitrogens with one attached hydrogen (secondary N) is 1. The second-order valence-electron chi connectivity index (χ2n) is 6.12. The van der Waals surface area contributed by atoms with Gasteiger partial charge in [-0.05, 0) is 37.7 Å². The predicted molar refractivity (Wildman–Crippen MR) is 87.5 cm³/mol. The molecule has 1 amide bonds. The Bertz CT molecular complexity index is 540. The van der Waals surface area contributed by atoms with Crippen LogP contribution in [0.2, 0.25) is 0 Å². The van der Waals surface area contributed by atoms with E-state index in [-0.39, 0.29) is 18.1 Å². The molecule has 1 saturated heterocycles. The summed E-state index contributed by atoms with van der Waals surface area (Å²) in [5.41, 5.74) is 1.51. The van der Waals surface area contributed by atoms with E-state index in [0.29, 0.717) is 5.56 Å². The molecule has 0 radical (unpaired) electrons. The Kier molecular flexibility index (Phi) is 4.65. The van der Waals surface area contributed by atoms with Crippen molar-refractivity contribution in [2.75, 3.05) is 38.5 Å². The summed E-state index contributed by atoms with van der Waals surface area (Å²) in [4.78, 5) is 17.0. The van der Waals surface area contributed by atoms with Crippen LogP contribution in [0.25, 0.3) is 0 Å². The number of hydrogen-bond acceptors (Lipinski definition) is 6. The van der Waals surface area contributed by atoms with Crippen molar-refractivity contribution in [3.63, 3.8) is 0 Å². The Morgan fingerprint density at radius 3 is 2.64 bits per heavy atom. The van der Waals surface area contributed by atoms with Crippen LogP contribution in [0.3, 0.4) is 0 Å². The highest BCUT2D eigenvalue weighted by atomic mass is 32.1. The molecule has 2 fully saturated rings. The summed E-state index contributed by atoms with van der Waals surface area (Å²) >= 11 is 1.34. The third-order valence-electron chi connectivity index (χ3n) is 4.82. The molecule has 1 aromatic heterocycles. The summed E-state index contributed by atoms with van der Waals surface area (Å²) < 4.78 is 4.28. The Hall–Kier alpha value is -1.18. The lowest BCUT2D eigenvalue weighted by Gasteiger charge is -2.39. The molecular weight excluding hydrogens is 300 g/mol. The van der Waals surface area contributed by atoms with E-state index in [4.69, 9.17) is 0 Å². The average Bonchev–Trinajstić information content (AvgIpc) is 3.12. The molecule has 2 atom stereocenters. The van der Waals surface area contributed by atoms with Gasteiger partial charge >= 0.3 is 0 Å². The van der Waals surface area contributed by atoms with E-state index in [1.165, 1.54) is 11.5 Å². The third kappa shape index (κ3) is 2.85. The highest BCUT2D eigenvalue weighted by Gasteiger charge is 2.34. The molecule has 3 rings (SSSR count). The topological polar surface area (TPSA) is 68.7 Å². The average molecular weight is 324 g/mol. The highest BCUT2D eigenvalue weighted by molar-refractivity contribution is 7.10. The SMILES string of the molecule is CNc1snc(C)c1C(=O)N1CCN([C@@H]2CCC[C@H]2O)CC1. The van der Waals surface area contributed by atoms with Crippen molar-refractivity contribution in [2.45, 2.75) is 38.3 Å². The minimum atomic E-state index is -0.193. The molecule has 1 aromatic rings. The highest BCUT2D eigenvalue weighted by Crippen LogP contribution is 2.28. The second kappa shape index (κ2) is 6.52. The number of aliphatic hydroxyl groups excluding tert-OH is 1. The van der Waals surface area contributed by atoms with Crippen LogP contribution in [-0.2, 0) is 0 Å². The number of piperazine rings is 1. The molecule has 0 bridgehead atoms. The second-order valence-corrected chi connectivity index (χ2v) is 6.89. The van der Waals surface area contributed by atoms with E-state index < -0.39 is 0 Å². The maximum atomic E-state index is 12.7. The fraction of sp³-hybridized carbons (Fsp3) is 0.733. The van der Waals surface area contributed by atoms with Crippen molar-refractivity contribution >= 4 is 22.4 Å². The molecular formula is C15H24N4O2S. The molecule has 2 aliphatic rings. The normalized spacial score (nSPS) is 26.4. The lowest BCUT2D eigenvalue weighted by Crippen LogP contribution is -2.53. The van der Waals surface area contributed by atoms with E-state index in [9.17, 15) is 9.90 Å². The molecule has 2 N–H and O–H groups in total. The predicted octanol–water partition coefficient (Wildman–Crippen LogP) is 1.16. The molecule has 1 aliphatic heterocycles. The third-order valence-corrected chi connectivity index (χ3v) is 5.77. The van der Waals surface area contributed by atoms with Crippen LogP contribution in [0.1, 0.15) is 35.3 Å². The van der Waals surface area contributed by atoms with E-state index >= 15 is 0 Å². The van der Waals surface area contributed by atoms with Crippen LogP contribution in [0, 0.1) is 6.92 Å². The Balaban J connectivity index is 1.63. The van der Waals surface area contributed by atoms with Crippen molar-refractivity contribution in [3.05, 3.63) is 11.3 Å². The quantitative estimate of drug-likeness (QED) is 0.873. The smallest absolute Gasteiger partial charge is 0.258 e. The largest absolute Gasteiger partial charge is 0.391 e. The lowest BCUT2D eigenvalue weighted by atomic mass is 10.1. The minimum absolute atomic E-state index is 0.0715. The molecule has 6 nitrogen and oxygen atoms in total. The molecule has 7 heteroatoms. The van der Waals surface area contributed by atoms with Crippen LogP contribution >= 0.6 is 11.5 Å². The summed E-state index contributed by atoms with van der Waals surface area (Å²) in [5, 5.41) is 13.9. The van der Waals surface area contributed by atoms with Crippen LogP contribution in [0.4, 0.5) is 5.00 Å². The molecule has 22 heavy (non-hydrogen) atoms. The number of nitrogens with zero attached hydrogens (tertiary/aromatic N) is 3. The van der Waals surface area contributed by atoms with E-state index in [1.807, 2.05) is 18.9 Å². The van der Waals surface area contributed by atoms with Gasteiger partial charge in [0.05, 0.1) is 17.4 Å². The van der Waals surface area contributed by atoms with Crippen molar-refractivity contribution in [1.82, 2.24) is 14.2 Å². The monoisotopic (exact) mass is 324 g/mol. The summed E-state index contributed by atoms with van der Waals surface area (Å²) in [7, 11) is 1.82. The van der Waals surface area contributed by atoms with Crippen molar-refractivity contribution in [2.24, 2.45) is 0 Å². The Morgan fingerprint density at radius 2 is 2.05 bits per heavy atom. The first-order chi connectivity index (χ1) is 10.6. The van der Waals surface area contributed by atoms with Gasteiger partial charge in [0.25, 0.3) is 5.91 Å². The van der Waals surface area contributed by atoms with Crippen molar-refractivity contribution < 1.29 is 9.90 Å². The lowest BCUT2D eigenvalue weighted by molar-refractivity contribution is 0.0316. The summed E-state index contributed by atoms with van der Waals surface area (Å²) in [6.07, 6.45) is 2.90. The first-order valence-corrected chi connectivity index (χ1v) is 8.74. The Labute approximate surface area is 135 Å². The number of aryl methyl sites for hydroxylation is 1. The number of amides is 1. The van der Waals surface area contributed by atoms with Crippen LogP contribution in [0.5, 0.6) is 0 Å². The number of carbonyl (C=O) groups is 1. The number of carbonyl (C=O) groups excluding carboxylic acids is 1. The van der Waals surface area contributed by atoms with Gasteiger partial charge in [0.15, 0.2) is 0 Å². The number of aliphatic hydroxyl groups is 1. The van der Waals surface area contributed by atoms with Gasteiger partial charge in [0.1, 0.15) is 5.00 Å². The van der Waals surface area contributed by atoms with E-state index in [1.54, 1.807) is 0 Å². The molecule has 0 spiro atoms. The number of anilines is 1. The van der Waals surface area contributed by atoms with Gasteiger partial charge in [-0.3, -0.25) is 9.69 Å². The van der Waals surface area contributed by atoms with Gasteiger partial charge < -0.3 is 15.3 Å². The molecule has 2 heterocycles. The van der Waals surface area contributed by atoms with Gasteiger partial charge in [-0.2, -0.15) is 4.37 Å². The number of hydrogen-bond donors (Lipinski definition) is 2. The Morgan fingerprint density at radius 1 is 1.32 bits per heavy atom. The zero-order chi connectivity index (χ0) is 15.7. The standard InChI is InChI=1S/C15H24N4O2S/c1-10-13(14(16-2)22-17-10)15(21)19-8-6-18(7-9-19)11-4-3-5-12(11)20/h11-12,16,20H,3-9H2,1-2H3/t11-,12-/m1/s1. The maximum Gasteiger partial charge on any atom is 0.258 e. The van der Waals surface area contributed by atoms with Crippen molar-refractivity contribution in [3.8, 4) is 0 Å². The molecule has 122 valence electrons. The minimum Gasteiger partial charge on any atom is -0.391 e. The maximum absolute atomic E-state index is 12.7. The fourth-order valence-electron chi connectivity index (χ4n) is 3.55. The molecule has 1 saturated carbocycles. The van der Waals surface area contributed by atoms with Gasteiger partial charge in [-0.25, -0.2) is 0 Å². The number of rotatable bonds is 3. The van der Waals surface area contributed by atoms with Gasteiger partial charge in [0, 0.05) is 39.3 Å². The zero-order valence-corrected chi connectivity index (χ0v) is 14.0.